The zero-order valence-corrected chi connectivity index (χ0v) is 15.5. The number of likely N-dealkylation sites (tertiary alicyclic amines) is 1. The van der Waals surface area contributed by atoms with E-state index in [0.29, 0.717) is 37.1 Å². The van der Waals surface area contributed by atoms with Crippen molar-refractivity contribution in [3.63, 3.8) is 0 Å². The third-order valence-corrected chi connectivity index (χ3v) is 5.21. The van der Waals surface area contributed by atoms with E-state index in [-0.39, 0.29) is 24.3 Å². The predicted octanol–water partition coefficient (Wildman–Crippen LogP) is 2.21. The standard InChI is InChI=1S/C19H22N4O4/c1-3-23-15-10-14(4-5-16(15)26-11-17(23)25)18-20-19(27-21-18)13-6-8-22(9-7-13)12(2)24/h4-5,10,13H,3,6-9,11H2,1-2H3. The van der Waals surface area contributed by atoms with Crippen molar-refractivity contribution < 1.29 is 18.8 Å². The minimum absolute atomic E-state index is 0.0610. The molecular formula is C19H22N4O4. The summed E-state index contributed by atoms with van der Waals surface area (Å²) in [5, 5.41) is 4.12. The molecule has 0 unspecified atom stereocenters. The van der Waals surface area contributed by atoms with E-state index in [1.165, 1.54) is 0 Å². The van der Waals surface area contributed by atoms with Crippen molar-refractivity contribution >= 4 is 17.5 Å². The molecule has 1 fully saturated rings. The van der Waals surface area contributed by atoms with Crippen LogP contribution in [-0.4, -0.2) is 53.1 Å². The Morgan fingerprint density at radius 3 is 2.78 bits per heavy atom. The summed E-state index contributed by atoms with van der Waals surface area (Å²) in [5.74, 6) is 1.98. The van der Waals surface area contributed by atoms with E-state index in [1.54, 1.807) is 11.8 Å². The van der Waals surface area contributed by atoms with E-state index < -0.39 is 0 Å². The van der Waals surface area contributed by atoms with Crippen LogP contribution in [0.4, 0.5) is 5.69 Å². The Labute approximate surface area is 157 Å². The number of amides is 2. The molecule has 0 bridgehead atoms. The minimum Gasteiger partial charge on any atom is -0.482 e. The van der Waals surface area contributed by atoms with Crippen LogP contribution in [0.5, 0.6) is 5.75 Å². The molecule has 8 nitrogen and oxygen atoms in total. The van der Waals surface area contributed by atoms with Gasteiger partial charge >= 0.3 is 0 Å². The maximum Gasteiger partial charge on any atom is 0.265 e. The molecule has 4 rings (SSSR count). The second-order valence-electron chi connectivity index (χ2n) is 6.85. The van der Waals surface area contributed by atoms with Crippen molar-refractivity contribution in [1.82, 2.24) is 15.0 Å². The first-order chi connectivity index (χ1) is 13.1. The lowest BCUT2D eigenvalue weighted by molar-refractivity contribution is -0.130. The summed E-state index contributed by atoms with van der Waals surface area (Å²) in [6.45, 7) is 5.58. The third-order valence-electron chi connectivity index (χ3n) is 5.21. The molecule has 0 atom stereocenters. The number of hydrogen-bond acceptors (Lipinski definition) is 6. The van der Waals surface area contributed by atoms with E-state index in [2.05, 4.69) is 10.1 Å². The number of carbonyl (C=O) groups excluding carboxylic acids is 2. The molecule has 1 aromatic carbocycles. The first-order valence-electron chi connectivity index (χ1n) is 9.23. The van der Waals surface area contributed by atoms with Crippen molar-refractivity contribution in [2.45, 2.75) is 32.6 Å². The normalized spacial score (nSPS) is 17.6. The molecule has 0 aliphatic carbocycles. The predicted molar refractivity (Wildman–Crippen MR) is 97.5 cm³/mol. The van der Waals surface area contributed by atoms with Gasteiger partial charge in [0.25, 0.3) is 5.91 Å². The Hall–Kier alpha value is -2.90. The van der Waals surface area contributed by atoms with Gasteiger partial charge in [-0.15, -0.1) is 0 Å². The Morgan fingerprint density at radius 2 is 2.07 bits per heavy atom. The van der Waals surface area contributed by atoms with Gasteiger partial charge in [0.15, 0.2) is 6.61 Å². The van der Waals surface area contributed by atoms with Crippen molar-refractivity contribution in [1.29, 1.82) is 0 Å². The quantitative estimate of drug-likeness (QED) is 0.823. The van der Waals surface area contributed by atoms with Crippen LogP contribution in [0.25, 0.3) is 11.4 Å². The summed E-state index contributed by atoms with van der Waals surface area (Å²) in [6, 6.07) is 5.57. The van der Waals surface area contributed by atoms with Crippen molar-refractivity contribution in [3.05, 3.63) is 24.1 Å². The molecular weight excluding hydrogens is 348 g/mol. The van der Waals surface area contributed by atoms with Crippen LogP contribution < -0.4 is 9.64 Å². The van der Waals surface area contributed by atoms with Gasteiger partial charge in [-0.1, -0.05) is 5.16 Å². The smallest absolute Gasteiger partial charge is 0.265 e. The molecule has 2 aromatic rings. The molecule has 0 radical (unpaired) electrons. The number of carbonyl (C=O) groups is 2. The van der Waals surface area contributed by atoms with E-state index in [9.17, 15) is 9.59 Å². The van der Waals surface area contributed by atoms with E-state index in [0.717, 1.165) is 24.1 Å². The molecule has 2 amide bonds. The van der Waals surface area contributed by atoms with Gasteiger partial charge in [0, 0.05) is 38.0 Å². The fraction of sp³-hybridized carbons (Fsp3) is 0.474. The Bertz CT molecular complexity index is 870. The number of anilines is 1. The van der Waals surface area contributed by atoms with Gasteiger partial charge in [-0.2, -0.15) is 4.98 Å². The molecule has 27 heavy (non-hydrogen) atoms. The number of hydrogen-bond donors (Lipinski definition) is 0. The maximum absolute atomic E-state index is 12.0. The molecule has 0 saturated carbocycles. The van der Waals surface area contributed by atoms with E-state index in [4.69, 9.17) is 9.26 Å². The Balaban J connectivity index is 1.55. The van der Waals surface area contributed by atoms with Gasteiger partial charge in [-0.05, 0) is 38.0 Å². The van der Waals surface area contributed by atoms with E-state index >= 15 is 0 Å². The van der Waals surface area contributed by atoms with Gasteiger partial charge in [0.2, 0.25) is 17.6 Å². The summed E-state index contributed by atoms with van der Waals surface area (Å²) in [5.41, 5.74) is 1.51. The highest BCUT2D eigenvalue weighted by Gasteiger charge is 2.28. The third kappa shape index (κ3) is 3.27. The van der Waals surface area contributed by atoms with Gasteiger partial charge in [-0.3, -0.25) is 9.59 Å². The van der Waals surface area contributed by atoms with Gasteiger partial charge in [-0.25, -0.2) is 0 Å². The summed E-state index contributed by atoms with van der Waals surface area (Å²) in [4.78, 5) is 31.6. The van der Waals surface area contributed by atoms with Crippen LogP contribution in [0.15, 0.2) is 22.7 Å². The molecule has 2 aliphatic heterocycles. The van der Waals surface area contributed by atoms with Gasteiger partial charge in [0.05, 0.1) is 5.69 Å². The monoisotopic (exact) mass is 370 g/mol. The number of rotatable bonds is 3. The largest absolute Gasteiger partial charge is 0.482 e. The molecule has 142 valence electrons. The fourth-order valence-corrected chi connectivity index (χ4v) is 3.65. The second kappa shape index (κ2) is 7.02. The van der Waals surface area contributed by atoms with Crippen LogP contribution in [0.3, 0.4) is 0 Å². The maximum atomic E-state index is 12.0. The van der Waals surface area contributed by atoms with Crippen LogP contribution >= 0.6 is 0 Å². The fourth-order valence-electron chi connectivity index (χ4n) is 3.65. The first kappa shape index (κ1) is 17.5. The van der Waals surface area contributed by atoms with Crippen LogP contribution in [-0.2, 0) is 9.59 Å². The van der Waals surface area contributed by atoms with Crippen molar-refractivity contribution in [3.8, 4) is 17.1 Å². The highest BCUT2D eigenvalue weighted by atomic mass is 16.5. The highest BCUT2D eigenvalue weighted by molar-refractivity contribution is 5.98. The summed E-state index contributed by atoms with van der Waals surface area (Å²) < 4.78 is 11.0. The van der Waals surface area contributed by atoms with Crippen LogP contribution in [0.1, 0.15) is 38.5 Å². The summed E-state index contributed by atoms with van der Waals surface area (Å²) in [6.07, 6.45) is 1.63. The summed E-state index contributed by atoms with van der Waals surface area (Å²) >= 11 is 0. The topological polar surface area (TPSA) is 88.8 Å². The average molecular weight is 370 g/mol. The second-order valence-corrected chi connectivity index (χ2v) is 6.85. The zero-order valence-electron chi connectivity index (χ0n) is 15.5. The number of benzene rings is 1. The SMILES string of the molecule is CCN1C(=O)COc2ccc(-c3noc(C4CCN(C(C)=O)CC4)n3)cc21. The number of likely N-dealkylation sites (N-methyl/N-ethyl adjacent to an activating group) is 1. The first-order valence-corrected chi connectivity index (χ1v) is 9.23. The molecule has 0 N–H and O–H groups in total. The van der Waals surface area contributed by atoms with Gasteiger partial charge in [0.1, 0.15) is 5.75 Å². The van der Waals surface area contributed by atoms with Crippen LogP contribution in [0, 0.1) is 0 Å². The molecule has 8 heteroatoms. The highest BCUT2D eigenvalue weighted by Crippen LogP contribution is 2.36. The lowest BCUT2D eigenvalue weighted by Gasteiger charge is -2.29. The zero-order chi connectivity index (χ0) is 19.0. The van der Waals surface area contributed by atoms with Crippen molar-refractivity contribution in [2.24, 2.45) is 0 Å². The van der Waals surface area contributed by atoms with Crippen molar-refractivity contribution in [2.75, 3.05) is 31.1 Å². The molecule has 0 spiro atoms. The molecule has 3 heterocycles. The van der Waals surface area contributed by atoms with Gasteiger partial charge < -0.3 is 19.1 Å². The minimum atomic E-state index is -0.0619. The Kier molecular flexibility index (Phi) is 4.55. The van der Waals surface area contributed by atoms with Crippen LogP contribution in [0.2, 0.25) is 0 Å². The molecule has 2 aliphatic rings. The number of aromatic nitrogens is 2. The number of piperidine rings is 1. The Morgan fingerprint density at radius 1 is 1.30 bits per heavy atom. The van der Waals surface area contributed by atoms with E-state index in [1.807, 2.05) is 30.0 Å². The summed E-state index contributed by atoms with van der Waals surface area (Å²) in [7, 11) is 0. The molecule has 1 aromatic heterocycles. The lowest BCUT2D eigenvalue weighted by atomic mass is 9.97. The molecule has 1 saturated heterocycles. The average Bonchev–Trinajstić information content (AvgIpc) is 3.18. The number of fused-ring (bicyclic) bond motifs is 1. The lowest BCUT2D eigenvalue weighted by Crippen LogP contribution is -2.38. The number of nitrogens with zero attached hydrogens (tertiary/aromatic N) is 4. The number of ether oxygens (including phenoxy) is 1.